The smallest absolute Gasteiger partial charge is 0.433 e. The molecule has 0 unspecified atom stereocenters. The van der Waals surface area contributed by atoms with E-state index in [2.05, 4.69) is 4.99 Å². The zero-order chi connectivity index (χ0) is 15.3. The van der Waals surface area contributed by atoms with E-state index in [0.29, 0.717) is 0 Å². The first kappa shape index (κ1) is 17.2. The molecular weight excluding hydrogens is 261 g/mol. The molecule has 0 bridgehead atoms. The van der Waals surface area contributed by atoms with Crippen molar-refractivity contribution < 1.29 is 22.7 Å². The highest BCUT2D eigenvalue weighted by atomic mass is 19.4. The largest absolute Gasteiger partial charge is 0.457 e. The molecule has 0 fully saturated rings. The van der Waals surface area contributed by atoms with Gasteiger partial charge in [0.2, 0.25) is 0 Å². The molecule has 0 rings (SSSR count). The van der Waals surface area contributed by atoms with Crippen LogP contribution < -0.4 is 5.73 Å². The topological polar surface area (TPSA) is 64.7 Å². The number of alkyl halides is 3. The maximum Gasteiger partial charge on any atom is 0.433 e. The molecule has 108 valence electrons. The number of allylic oxidation sites excluding steroid dienone is 2. The predicted octanol–water partition coefficient (Wildman–Crippen LogP) is 2.36. The van der Waals surface area contributed by atoms with Crippen molar-refractivity contribution >= 4 is 11.7 Å². The zero-order valence-electron chi connectivity index (χ0n) is 11.2. The molecule has 0 heterocycles. The summed E-state index contributed by atoms with van der Waals surface area (Å²) in [6.07, 6.45) is -2.11. The van der Waals surface area contributed by atoms with Crippen LogP contribution in [0.4, 0.5) is 13.2 Å². The van der Waals surface area contributed by atoms with Crippen LogP contribution in [0, 0.1) is 0 Å². The van der Waals surface area contributed by atoms with Crippen molar-refractivity contribution in [3.05, 3.63) is 23.9 Å². The number of esters is 1. The van der Waals surface area contributed by atoms with Gasteiger partial charge in [0.15, 0.2) is 0 Å². The first-order valence-electron chi connectivity index (χ1n) is 5.38. The fourth-order valence-corrected chi connectivity index (χ4v) is 1.13. The summed E-state index contributed by atoms with van der Waals surface area (Å²) in [4.78, 5) is 14.5. The van der Waals surface area contributed by atoms with Crippen molar-refractivity contribution in [3.63, 3.8) is 0 Å². The van der Waals surface area contributed by atoms with Crippen molar-refractivity contribution in [1.82, 2.24) is 0 Å². The Hall–Kier alpha value is -1.79. The van der Waals surface area contributed by atoms with Gasteiger partial charge in [-0.25, -0.2) is 4.79 Å². The maximum atomic E-state index is 12.6. The van der Waals surface area contributed by atoms with Gasteiger partial charge in [-0.3, -0.25) is 4.99 Å². The lowest BCUT2D eigenvalue weighted by Gasteiger charge is -2.18. The molecule has 0 spiro atoms. The molecule has 4 nitrogen and oxygen atoms in total. The molecule has 0 aliphatic carbocycles. The van der Waals surface area contributed by atoms with Gasteiger partial charge >= 0.3 is 12.1 Å². The molecular formula is C12H17F3N2O2. The zero-order valence-corrected chi connectivity index (χ0v) is 11.2. The van der Waals surface area contributed by atoms with Crippen LogP contribution in [0.15, 0.2) is 28.9 Å². The molecule has 19 heavy (non-hydrogen) atoms. The van der Waals surface area contributed by atoms with Crippen LogP contribution in [-0.2, 0) is 9.53 Å². The quantitative estimate of drug-likeness (QED) is 0.373. The molecule has 0 radical (unpaired) electrons. The average Bonchev–Trinajstić information content (AvgIpc) is 2.19. The Bertz CT molecular complexity index is 416. The van der Waals surface area contributed by atoms with E-state index < -0.39 is 29.0 Å². The molecule has 0 aliphatic heterocycles. The minimum Gasteiger partial charge on any atom is -0.457 e. The molecule has 0 aliphatic rings. The van der Waals surface area contributed by atoms with Gasteiger partial charge in [0.1, 0.15) is 11.3 Å². The fourth-order valence-electron chi connectivity index (χ4n) is 1.13. The number of hydrogen-bond donors (Lipinski definition) is 1. The molecule has 7 heteroatoms. The van der Waals surface area contributed by atoms with Gasteiger partial charge in [0.25, 0.3) is 0 Å². The Balaban J connectivity index is 5.00. The average molecular weight is 278 g/mol. The molecule has 0 amide bonds. The van der Waals surface area contributed by atoms with Gasteiger partial charge in [-0.1, -0.05) is 0 Å². The third-order valence-corrected chi connectivity index (χ3v) is 1.75. The first-order chi connectivity index (χ1) is 8.51. The lowest BCUT2D eigenvalue weighted by molar-refractivity contribution is -0.148. The van der Waals surface area contributed by atoms with Crippen LogP contribution in [0.3, 0.4) is 0 Å². The summed E-state index contributed by atoms with van der Waals surface area (Å²) in [5, 5.41) is 0. The van der Waals surface area contributed by atoms with Crippen molar-refractivity contribution in [2.45, 2.75) is 32.5 Å². The highest BCUT2D eigenvalue weighted by Crippen LogP contribution is 2.22. The number of nitrogens with two attached hydrogens (primary N) is 1. The van der Waals surface area contributed by atoms with Gasteiger partial charge in [0.05, 0.1) is 0 Å². The summed E-state index contributed by atoms with van der Waals surface area (Å²) in [5.41, 5.74) is 2.83. The number of nitrogens with zero attached hydrogens (tertiary/aromatic N) is 1. The summed E-state index contributed by atoms with van der Waals surface area (Å²) < 4.78 is 42.6. The van der Waals surface area contributed by atoms with Gasteiger partial charge in [-0.15, -0.1) is 0 Å². The van der Waals surface area contributed by atoms with Crippen LogP contribution in [-0.4, -0.2) is 30.5 Å². The van der Waals surface area contributed by atoms with E-state index in [1.54, 1.807) is 20.8 Å². The minimum absolute atomic E-state index is 0.402. The molecule has 2 N–H and O–H groups in total. The summed E-state index contributed by atoms with van der Waals surface area (Å²) in [7, 11) is 0.994. The number of carbonyl (C=O) groups is 1. The second-order valence-electron chi connectivity index (χ2n) is 4.56. The Morgan fingerprint density at radius 1 is 1.21 bits per heavy atom. The molecule has 0 saturated heterocycles. The van der Waals surface area contributed by atoms with Gasteiger partial charge < -0.3 is 10.5 Å². The van der Waals surface area contributed by atoms with Crippen LogP contribution in [0.2, 0.25) is 0 Å². The van der Waals surface area contributed by atoms with E-state index in [9.17, 15) is 18.0 Å². The number of rotatable bonds is 3. The highest BCUT2D eigenvalue weighted by molar-refractivity contribution is 6.07. The van der Waals surface area contributed by atoms with E-state index >= 15 is 0 Å². The Kier molecular flexibility index (Phi) is 5.80. The summed E-state index contributed by atoms with van der Waals surface area (Å²) in [5.74, 6) is -0.760. The number of halogens is 3. The standard InChI is InChI=1S/C12H17F3N2O2/c1-11(2,3)19-9(18)6-5-8(7-16)10(17-4)12(13,14)15/h5-7H,16H2,1-4H3/b6-5+,8-7-,17-10?. The Morgan fingerprint density at radius 2 is 1.74 bits per heavy atom. The molecule has 0 aromatic rings. The fraction of sp³-hybridized carbons (Fsp3) is 0.500. The monoisotopic (exact) mass is 278 g/mol. The van der Waals surface area contributed by atoms with Crippen molar-refractivity contribution in [2.75, 3.05) is 7.05 Å². The van der Waals surface area contributed by atoms with E-state index in [1.165, 1.54) is 0 Å². The maximum absolute atomic E-state index is 12.6. The predicted molar refractivity (Wildman–Crippen MR) is 66.7 cm³/mol. The minimum atomic E-state index is -4.64. The van der Waals surface area contributed by atoms with Crippen LogP contribution in [0.1, 0.15) is 20.8 Å². The Morgan fingerprint density at radius 3 is 2.05 bits per heavy atom. The number of carbonyl (C=O) groups excluding carboxylic acids is 1. The molecule has 0 atom stereocenters. The lowest BCUT2D eigenvalue weighted by atomic mass is 10.1. The van der Waals surface area contributed by atoms with Gasteiger partial charge in [0, 0.05) is 24.9 Å². The van der Waals surface area contributed by atoms with Crippen LogP contribution in [0.25, 0.3) is 0 Å². The van der Waals surface area contributed by atoms with E-state index in [4.69, 9.17) is 10.5 Å². The second kappa shape index (κ2) is 6.40. The molecule has 0 aromatic heterocycles. The van der Waals surface area contributed by atoms with Gasteiger partial charge in [-0.05, 0) is 26.8 Å². The van der Waals surface area contributed by atoms with Crippen LogP contribution in [0.5, 0.6) is 0 Å². The van der Waals surface area contributed by atoms with Crippen molar-refractivity contribution in [1.29, 1.82) is 0 Å². The SMILES string of the molecule is CN=C(C(=C\N)/C=C/C(=O)OC(C)(C)C)C(F)(F)F. The van der Waals surface area contributed by atoms with E-state index in [-0.39, 0.29) is 0 Å². The van der Waals surface area contributed by atoms with E-state index in [1.807, 2.05) is 0 Å². The van der Waals surface area contributed by atoms with Crippen LogP contribution >= 0.6 is 0 Å². The normalized spacial score (nSPS) is 14.9. The summed E-state index contributed by atoms with van der Waals surface area (Å²) >= 11 is 0. The summed E-state index contributed by atoms with van der Waals surface area (Å²) in [6.45, 7) is 4.94. The number of aliphatic imine (C=N–C) groups is 1. The number of ether oxygens (including phenoxy) is 1. The Labute approximate surface area is 109 Å². The molecule has 0 saturated carbocycles. The third kappa shape index (κ3) is 6.64. The van der Waals surface area contributed by atoms with Crippen molar-refractivity contribution in [3.8, 4) is 0 Å². The summed E-state index contributed by atoms with van der Waals surface area (Å²) in [6, 6.07) is 0. The molecule has 0 aromatic carbocycles. The van der Waals surface area contributed by atoms with E-state index in [0.717, 1.165) is 25.4 Å². The third-order valence-electron chi connectivity index (χ3n) is 1.75. The number of hydrogen-bond acceptors (Lipinski definition) is 4. The van der Waals surface area contributed by atoms with Gasteiger partial charge in [-0.2, -0.15) is 13.2 Å². The van der Waals surface area contributed by atoms with Crippen molar-refractivity contribution in [2.24, 2.45) is 10.7 Å². The first-order valence-corrected chi connectivity index (χ1v) is 5.38. The lowest BCUT2D eigenvalue weighted by Crippen LogP contribution is -2.25. The highest BCUT2D eigenvalue weighted by Gasteiger charge is 2.36. The second-order valence-corrected chi connectivity index (χ2v) is 4.56.